The highest BCUT2D eigenvalue weighted by Gasteiger charge is 2.33. The van der Waals surface area contributed by atoms with Crippen LogP contribution in [0.3, 0.4) is 0 Å². The van der Waals surface area contributed by atoms with Crippen LogP contribution < -0.4 is 5.32 Å². The first-order valence-electron chi connectivity index (χ1n) is 6.99. The summed E-state index contributed by atoms with van der Waals surface area (Å²) in [5.74, 6) is 1.47. The number of nitrogens with one attached hydrogen (secondary N) is 1. The van der Waals surface area contributed by atoms with Crippen LogP contribution in [0.1, 0.15) is 12.0 Å². The molecule has 21 heavy (non-hydrogen) atoms. The lowest BCUT2D eigenvalue weighted by atomic mass is 9.88. The summed E-state index contributed by atoms with van der Waals surface area (Å²) in [6.07, 6.45) is 1.18. The summed E-state index contributed by atoms with van der Waals surface area (Å²) >= 11 is 5.85. The van der Waals surface area contributed by atoms with Gasteiger partial charge in [-0.2, -0.15) is 0 Å². The second-order valence-electron chi connectivity index (χ2n) is 5.73. The molecule has 2 heterocycles. The highest BCUT2D eigenvalue weighted by molar-refractivity contribution is 6.30. The Hall–Kier alpha value is -0.880. The fourth-order valence-electron chi connectivity index (χ4n) is 3.34. The predicted octanol–water partition coefficient (Wildman–Crippen LogP) is 2.71. The number of halogens is 2. The third kappa shape index (κ3) is 3.66. The lowest BCUT2D eigenvalue weighted by Gasteiger charge is -2.34. The molecule has 0 radical (unpaired) electrons. The van der Waals surface area contributed by atoms with Crippen LogP contribution in [0.15, 0.2) is 18.2 Å². The smallest absolute Gasteiger partial charge is 0.275 e. The fourth-order valence-corrected chi connectivity index (χ4v) is 3.50. The SMILES string of the molecule is Cl.O=[N+]([O-])c1cc(Cl)ccc1CN1CCC2CNCC2C1. The van der Waals surface area contributed by atoms with Crippen LogP contribution in [0.4, 0.5) is 5.69 Å². The van der Waals surface area contributed by atoms with Gasteiger partial charge in [0.05, 0.1) is 4.92 Å². The van der Waals surface area contributed by atoms with E-state index >= 15 is 0 Å². The first-order chi connectivity index (χ1) is 9.63. The van der Waals surface area contributed by atoms with E-state index in [-0.39, 0.29) is 23.0 Å². The van der Waals surface area contributed by atoms with E-state index in [0.717, 1.165) is 37.7 Å². The minimum Gasteiger partial charge on any atom is -0.316 e. The van der Waals surface area contributed by atoms with E-state index in [1.807, 2.05) is 0 Å². The summed E-state index contributed by atoms with van der Waals surface area (Å²) in [7, 11) is 0. The third-order valence-electron chi connectivity index (χ3n) is 4.43. The Morgan fingerprint density at radius 3 is 2.90 bits per heavy atom. The molecule has 2 aliphatic rings. The number of benzene rings is 1. The molecule has 2 unspecified atom stereocenters. The number of rotatable bonds is 3. The molecule has 0 spiro atoms. The molecule has 0 bridgehead atoms. The quantitative estimate of drug-likeness (QED) is 0.683. The summed E-state index contributed by atoms with van der Waals surface area (Å²) in [4.78, 5) is 13.1. The topological polar surface area (TPSA) is 58.4 Å². The third-order valence-corrected chi connectivity index (χ3v) is 4.66. The molecule has 1 aromatic rings. The highest BCUT2D eigenvalue weighted by atomic mass is 35.5. The Balaban J connectivity index is 0.00000161. The van der Waals surface area contributed by atoms with Crippen LogP contribution >= 0.6 is 24.0 Å². The van der Waals surface area contributed by atoms with Gasteiger partial charge in [-0.15, -0.1) is 12.4 Å². The number of nitrogens with zero attached hydrogens (tertiary/aromatic N) is 2. The van der Waals surface area contributed by atoms with Crippen molar-refractivity contribution in [2.24, 2.45) is 11.8 Å². The molecule has 2 aliphatic heterocycles. The molecular weight excluding hydrogens is 313 g/mol. The zero-order valence-electron chi connectivity index (χ0n) is 11.6. The van der Waals surface area contributed by atoms with Crippen molar-refractivity contribution in [2.75, 3.05) is 26.2 Å². The van der Waals surface area contributed by atoms with Gasteiger partial charge in [-0.3, -0.25) is 15.0 Å². The van der Waals surface area contributed by atoms with E-state index in [2.05, 4.69) is 10.2 Å². The summed E-state index contributed by atoms with van der Waals surface area (Å²) < 4.78 is 0. The van der Waals surface area contributed by atoms with Crippen LogP contribution in [0.25, 0.3) is 0 Å². The highest BCUT2D eigenvalue weighted by Crippen LogP contribution is 2.29. The van der Waals surface area contributed by atoms with Gasteiger partial charge in [0.25, 0.3) is 5.69 Å². The predicted molar refractivity (Wildman–Crippen MR) is 85.1 cm³/mol. The zero-order chi connectivity index (χ0) is 14.1. The summed E-state index contributed by atoms with van der Waals surface area (Å²) in [6.45, 7) is 4.88. The van der Waals surface area contributed by atoms with Crippen LogP contribution in [0.5, 0.6) is 0 Å². The number of hydrogen-bond donors (Lipinski definition) is 1. The van der Waals surface area contributed by atoms with Gasteiger partial charge < -0.3 is 5.32 Å². The van der Waals surface area contributed by atoms with Crippen molar-refractivity contribution in [3.05, 3.63) is 38.9 Å². The van der Waals surface area contributed by atoms with Gasteiger partial charge in [-0.1, -0.05) is 11.6 Å². The molecule has 7 heteroatoms. The van der Waals surface area contributed by atoms with E-state index in [1.165, 1.54) is 12.5 Å². The number of nitro benzene ring substituents is 1. The maximum atomic E-state index is 11.1. The van der Waals surface area contributed by atoms with Gasteiger partial charge in [0.1, 0.15) is 0 Å². The van der Waals surface area contributed by atoms with Crippen molar-refractivity contribution in [1.29, 1.82) is 0 Å². The normalized spacial score (nSPS) is 25.2. The number of piperidine rings is 1. The summed E-state index contributed by atoms with van der Waals surface area (Å²) in [5, 5.41) is 15.0. The van der Waals surface area contributed by atoms with Crippen molar-refractivity contribution in [2.45, 2.75) is 13.0 Å². The molecule has 0 amide bonds. The average molecular weight is 332 g/mol. The van der Waals surface area contributed by atoms with Gasteiger partial charge in [0.15, 0.2) is 0 Å². The van der Waals surface area contributed by atoms with Crippen molar-refractivity contribution in [3.8, 4) is 0 Å². The van der Waals surface area contributed by atoms with E-state index in [0.29, 0.717) is 17.5 Å². The van der Waals surface area contributed by atoms with Crippen LogP contribution in [0.2, 0.25) is 5.02 Å². The molecule has 2 saturated heterocycles. The van der Waals surface area contributed by atoms with Crippen molar-refractivity contribution in [1.82, 2.24) is 10.2 Å². The minimum atomic E-state index is -0.342. The Labute approximate surface area is 135 Å². The number of fused-ring (bicyclic) bond motifs is 1. The van der Waals surface area contributed by atoms with E-state index in [4.69, 9.17) is 11.6 Å². The molecule has 0 aromatic heterocycles. The van der Waals surface area contributed by atoms with Gasteiger partial charge in [0.2, 0.25) is 0 Å². The van der Waals surface area contributed by atoms with Gasteiger partial charge >= 0.3 is 0 Å². The monoisotopic (exact) mass is 331 g/mol. The van der Waals surface area contributed by atoms with E-state index in [1.54, 1.807) is 12.1 Å². The molecule has 3 rings (SSSR count). The zero-order valence-corrected chi connectivity index (χ0v) is 13.2. The molecule has 5 nitrogen and oxygen atoms in total. The first kappa shape index (κ1) is 16.5. The Morgan fingerprint density at radius 2 is 2.14 bits per heavy atom. The molecule has 116 valence electrons. The lowest BCUT2D eigenvalue weighted by Crippen LogP contribution is -2.39. The first-order valence-corrected chi connectivity index (χ1v) is 7.37. The average Bonchev–Trinajstić information content (AvgIpc) is 2.88. The van der Waals surface area contributed by atoms with Gasteiger partial charge in [0, 0.05) is 29.7 Å². The standard InChI is InChI=1S/C14H18ClN3O2.ClH/c15-13-2-1-11(14(5-13)18(19)20)8-17-4-3-10-6-16-7-12(10)9-17;/h1-2,5,10,12,16H,3-4,6-9H2;1H. The van der Waals surface area contributed by atoms with E-state index in [9.17, 15) is 10.1 Å². The molecule has 0 aliphatic carbocycles. The Morgan fingerprint density at radius 1 is 1.38 bits per heavy atom. The fraction of sp³-hybridized carbons (Fsp3) is 0.571. The number of hydrogen-bond acceptors (Lipinski definition) is 4. The molecule has 0 saturated carbocycles. The molecule has 2 fully saturated rings. The van der Waals surface area contributed by atoms with Crippen molar-refractivity contribution < 1.29 is 4.92 Å². The molecule has 1 N–H and O–H groups in total. The van der Waals surface area contributed by atoms with E-state index < -0.39 is 0 Å². The van der Waals surface area contributed by atoms with Gasteiger partial charge in [-0.25, -0.2) is 0 Å². The van der Waals surface area contributed by atoms with Gasteiger partial charge in [-0.05, 0) is 50.0 Å². The Kier molecular flexibility index (Phi) is 5.43. The van der Waals surface area contributed by atoms with Crippen molar-refractivity contribution in [3.63, 3.8) is 0 Å². The van der Waals surface area contributed by atoms with Crippen molar-refractivity contribution >= 4 is 29.7 Å². The second kappa shape index (κ2) is 6.92. The molecule has 2 atom stereocenters. The minimum absolute atomic E-state index is 0. The molecule has 1 aromatic carbocycles. The van der Waals surface area contributed by atoms with Crippen LogP contribution in [-0.2, 0) is 6.54 Å². The second-order valence-corrected chi connectivity index (χ2v) is 6.17. The lowest BCUT2D eigenvalue weighted by molar-refractivity contribution is -0.385. The summed E-state index contributed by atoms with van der Waals surface area (Å²) in [6, 6.07) is 4.95. The molecular formula is C14H19Cl2N3O2. The van der Waals surface area contributed by atoms with Crippen LogP contribution in [0, 0.1) is 22.0 Å². The largest absolute Gasteiger partial charge is 0.316 e. The number of nitro groups is 1. The van der Waals surface area contributed by atoms with Crippen LogP contribution in [-0.4, -0.2) is 36.0 Å². The summed E-state index contributed by atoms with van der Waals surface area (Å²) in [5.41, 5.74) is 0.882. The maximum Gasteiger partial charge on any atom is 0.275 e. The maximum absolute atomic E-state index is 11.1. The number of likely N-dealkylation sites (tertiary alicyclic amines) is 1. The Bertz CT molecular complexity index is 527.